The van der Waals surface area contributed by atoms with Gasteiger partial charge >= 0.3 is 0 Å². The predicted molar refractivity (Wildman–Crippen MR) is 109 cm³/mol. The van der Waals surface area contributed by atoms with E-state index in [1.54, 1.807) is 29.1 Å². The number of hydrogen-bond acceptors (Lipinski definition) is 7. The summed E-state index contributed by atoms with van der Waals surface area (Å²) in [5.41, 5.74) is 1.42. The van der Waals surface area contributed by atoms with Gasteiger partial charge in [0, 0.05) is 43.0 Å². The van der Waals surface area contributed by atoms with Crippen molar-refractivity contribution in [1.29, 1.82) is 5.26 Å². The van der Waals surface area contributed by atoms with Gasteiger partial charge in [-0.2, -0.15) is 5.26 Å². The van der Waals surface area contributed by atoms with Crippen LogP contribution in [0.1, 0.15) is 5.56 Å². The van der Waals surface area contributed by atoms with Crippen LogP contribution in [0.5, 0.6) is 0 Å². The van der Waals surface area contributed by atoms with Gasteiger partial charge in [-0.25, -0.2) is 9.67 Å². The predicted octanol–water partition coefficient (Wildman–Crippen LogP) is 3.57. The van der Waals surface area contributed by atoms with Gasteiger partial charge in [0.05, 0.1) is 18.3 Å². The van der Waals surface area contributed by atoms with Gasteiger partial charge in [0.15, 0.2) is 0 Å². The Balaban J connectivity index is 1.41. The molecule has 1 fully saturated rings. The maximum atomic E-state index is 9.05. The lowest BCUT2D eigenvalue weighted by molar-refractivity contribution is 0.192. The first-order chi connectivity index (χ1) is 13.6. The number of pyridine rings is 1. The fourth-order valence-electron chi connectivity index (χ4n) is 3.10. The van der Waals surface area contributed by atoms with Crippen LogP contribution in [0.3, 0.4) is 0 Å². The molecule has 1 aromatic carbocycles. The highest BCUT2D eigenvalue weighted by Crippen LogP contribution is 2.22. The lowest BCUT2D eigenvalue weighted by Crippen LogP contribution is -2.47. The molecule has 0 spiro atoms. The van der Waals surface area contributed by atoms with E-state index in [0.717, 1.165) is 37.6 Å². The van der Waals surface area contributed by atoms with E-state index < -0.39 is 0 Å². The van der Waals surface area contributed by atoms with Gasteiger partial charge in [-0.15, -0.1) is 5.10 Å². The van der Waals surface area contributed by atoms with Gasteiger partial charge in [-0.3, -0.25) is 4.90 Å². The highest BCUT2D eigenvalue weighted by Gasteiger charge is 2.20. The summed E-state index contributed by atoms with van der Waals surface area (Å²) in [6, 6.07) is 13.0. The van der Waals surface area contributed by atoms with E-state index in [-0.39, 0.29) is 0 Å². The van der Waals surface area contributed by atoms with Gasteiger partial charge in [-0.1, -0.05) is 17.7 Å². The highest BCUT2D eigenvalue weighted by molar-refractivity contribution is 7.71. The van der Waals surface area contributed by atoms with Crippen LogP contribution in [0.15, 0.2) is 47.0 Å². The van der Waals surface area contributed by atoms with Crippen molar-refractivity contribution >= 4 is 29.6 Å². The second kappa shape index (κ2) is 8.10. The molecule has 0 amide bonds. The molecule has 1 aliphatic heterocycles. The van der Waals surface area contributed by atoms with Gasteiger partial charge in [-0.05, 0) is 42.5 Å². The Hall–Kier alpha value is -2.73. The van der Waals surface area contributed by atoms with Crippen molar-refractivity contribution in [2.24, 2.45) is 0 Å². The monoisotopic (exact) mass is 412 g/mol. The van der Waals surface area contributed by atoms with Crippen LogP contribution in [-0.2, 0) is 6.67 Å². The first kappa shape index (κ1) is 18.6. The second-order valence-electron chi connectivity index (χ2n) is 6.44. The number of hydrogen-bond donors (Lipinski definition) is 0. The SMILES string of the molecule is N#Cc1ccnc(N2CCN(Cn3nc(-c4cccc(Cl)c4)oc3=S)CC2)c1. The molecule has 142 valence electrons. The number of aromatic nitrogens is 3. The number of nitrogens with zero attached hydrogens (tertiary/aromatic N) is 6. The van der Waals surface area contributed by atoms with E-state index in [1.165, 1.54) is 0 Å². The summed E-state index contributed by atoms with van der Waals surface area (Å²) in [7, 11) is 0. The number of anilines is 1. The van der Waals surface area contributed by atoms with Gasteiger partial charge in [0.25, 0.3) is 4.84 Å². The molecule has 2 aromatic heterocycles. The summed E-state index contributed by atoms with van der Waals surface area (Å²) in [6.07, 6.45) is 1.67. The number of piperazine rings is 1. The zero-order valence-corrected chi connectivity index (χ0v) is 16.5. The molecule has 0 atom stereocenters. The van der Waals surface area contributed by atoms with Gasteiger partial charge < -0.3 is 9.32 Å². The fourth-order valence-corrected chi connectivity index (χ4v) is 3.47. The summed E-state index contributed by atoms with van der Waals surface area (Å²) in [5, 5.41) is 14.2. The minimum absolute atomic E-state index is 0.334. The van der Waals surface area contributed by atoms with Crippen molar-refractivity contribution in [3.63, 3.8) is 0 Å². The van der Waals surface area contributed by atoms with E-state index in [9.17, 15) is 0 Å². The molecule has 3 heterocycles. The third kappa shape index (κ3) is 4.07. The molecule has 3 aromatic rings. The van der Waals surface area contributed by atoms with Crippen LogP contribution in [0.2, 0.25) is 5.02 Å². The molecule has 4 rings (SSSR count). The highest BCUT2D eigenvalue weighted by atomic mass is 35.5. The molecule has 1 aliphatic rings. The summed E-state index contributed by atoms with van der Waals surface area (Å²) in [6.45, 7) is 3.85. The van der Waals surface area contributed by atoms with Crippen LogP contribution in [0.4, 0.5) is 5.82 Å². The minimum atomic E-state index is 0.334. The molecule has 0 bridgehead atoms. The lowest BCUT2D eigenvalue weighted by atomic mass is 10.2. The molecule has 0 aliphatic carbocycles. The fraction of sp³-hybridized carbons (Fsp3) is 0.263. The minimum Gasteiger partial charge on any atom is -0.409 e. The molecule has 0 unspecified atom stereocenters. The Morgan fingerprint density at radius 3 is 2.75 bits per heavy atom. The summed E-state index contributed by atoms with van der Waals surface area (Å²) in [4.78, 5) is 9.14. The zero-order chi connectivity index (χ0) is 19.5. The average molecular weight is 413 g/mol. The molecular formula is C19H17ClN6OS. The molecule has 0 saturated carbocycles. The largest absolute Gasteiger partial charge is 0.409 e. The standard InChI is InChI=1S/C19H17ClN6OS/c20-16-3-1-2-15(11-16)18-23-26(19(28)27-18)13-24-6-8-25(9-7-24)17-10-14(12-21)4-5-22-17/h1-5,10-11H,6-9,13H2. The zero-order valence-electron chi connectivity index (χ0n) is 15.0. The van der Waals surface area contributed by atoms with Crippen LogP contribution in [-0.4, -0.2) is 45.8 Å². The van der Waals surface area contributed by atoms with Crippen molar-refractivity contribution in [3.05, 3.63) is 58.0 Å². The molecular weight excluding hydrogens is 396 g/mol. The van der Waals surface area contributed by atoms with Crippen LogP contribution in [0, 0.1) is 16.2 Å². The van der Waals surface area contributed by atoms with Crippen LogP contribution >= 0.6 is 23.8 Å². The van der Waals surface area contributed by atoms with Crippen molar-refractivity contribution < 1.29 is 4.42 Å². The number of rotatable bonds is 4. The third-order valence-electron chi connectivity index (χ3n) is 4.58. The smallest absolute Gasteiger partial charge is 0.288 e. The first-order valence-corrected chi connectivity index (χ1v) is 9.58. The second-order valence-corrected chi connectivity index (χ2v) is 7.23. The summed E-state index contributed by atoms with van der Waals surface area (Å²) in [5.74, 6) is 1.30. The van der Waals surface area contributed by atoms with Crippen molar-refractivity contribution in [3.8, 4) is 17.5 Å². The van der Waals surface area contributed by atoms with Crippen molar-refractivity contribution in [1.82, 2.24) is 19.7 Å². The Bertz CT molecular complexity index is 1080. The van der Waals surface area contributed by atoms with Crippen LogP contribution in [0.25, 0.3) is 11.5 Å². The molecule has 9 heteroatoms. The number of halogens is 1. The molecule has 7 nitrogen and oxygen atoms in total. The van der Waals surface area contributed by atoms with Crippen molar-refractivity contribution in [2.75, 3.05) is 31.1 Å². The summed E-state index contributed by atoms with van der Waals surface area (Å²) >= 11 is 11.4. The Labute approximate surface area is 172 Å². The molecule has 0 N–H and O–H groups in total. The Morgan fingerprint density at radius 2 is 2.00 bits per heavy atom. The van der Waals surface area contributed by atoms with E-state index >= 15 is 0 Å². The number of nitriles is 1. The van der Waals surface area contributed by atoms with E-state index in [2.05, 4.69) is 26.0 Å². The normalized spacial score (nSPS) is 14.8. The third-order valence-corrected chi connectivity index (χ3v) is 5.11. The molecule has 28 heavy (non-hydrogen) atoms. The van der Waals surface area contributed by atoms with E-state index in [4.69, 9.17) is 33.5 Å². The summed E-state index contributed by atoms with van der Waals surface area (Å²) < 4.78 is 7.33. The lowest BCUT2D eigenvalue weighted by Gasteiger charge is -2.35. The average Bonchev–Trinajstić information content (AvgIpc) is 3.09. The van der Waals surface area contributed by atoms with Gasteiger partial charge in [0.1, 0.15) is 5.82 Å². The van der Waals surface area contributed by atoms with Crippen LogP contribution < -0.4 is 4.90 Å². The first-order valence-electron chi connectivity index (χ1n) is 8.80. The topological polar surface area (TPSA) is 74.1 Å². The Kier molecular flexibility index (Phi) is 5.39. The van der Waals surface area contributed by atoms with Gasteiger partial charge in [0.2, 0.25) is 5.89 Å². The maximum absolute atomic E-state index is 9.05. The van der Waals surface area contributed by atoms with Crippen molar-refractivity contribution in [2.45, 2.75) is 6.67 Å². The van der Waals surface area contributed by atoms with E-state index in [1.807, 2.05) is 18.2 Å². The quantitative estimate of drug-likeness (QED) is 0.606. The Morgan fingerprint density at radius 1 is 1.18 bits per heavy atom. The molecule has 0 radical (unpaired) electrons. The molecule has 1 saturated heterocycles. The van der Waals surface area contributed by atoms with E-state index in [0.29, 0.717) is 28.0 Å². The maximum Gasteiger partial charge on any atom is 0.288 e. The number of benzene rings is 1.